The second-order valence-electron chi connectivity index (χ2n) is 9.72. The van der Waals surface area contributed by atoms with Gasteiger partial charge in [-0.1, -0.05) is 48.9 Å². The number of piperazine rings is 1. The average Bonchev–Trinajstić information content (AvgIpc) is 3.38. The number of rotatable bonds is 10. The highest BCUT2D eigenvalue weighted by Crippen LogP contribution is 2.29. The predicted molar refractivity (Wildman–Crippen MR) is 156 cm³/mol. The van der Waals surface area contributed by atoms with Gasteiger partial charge < -0.3 is 31.8 Å². The van der Waals surface area contributed by atoms with Gasteiger partial charge in [0.1, 0.15) is 28.6 Å². The minimum Gasteiger partial charge on any atom is -0.354 e. The third kappa shape index (κ3) is 6.89. The number of nitrogens with one attached hydrogen (secondary N) is 2. The Morgan fingerprint density at radius 2 is 1.97 bits per heavy atom. The Morgan fingerprint density at radius 3 is 2.64 bits per heavy atom. The summed E-state index contributed by atoms with van der Waals surface area (Å²) in [6.07, 6.45) is 2.46. The van der Waals surface area contributed by atoms with Crippen LogP contribution in [-0.2, 0) is 11.3 Å². The SMILES string of the molecule is Cc1nc(Nc2ncc(C(=O)Nc3c(Cl)cccc3CN)s2)cc(N2CCN(C(C=O)C(N)C(C)C)CC2)n1. The minimum atomic E-state index is -0.327. The van der Waals surface area contributed by atoms with Gasteiger partial charge in [0, 0.05) is 44.8 Å². The molecule has 0 radical (unpaired) electrons. The van der Waals surface area contributed by atoms with E-state index in [2.05, 4.69) is 35.4 Å². The van der Waals surface area contributed by atoms with Crippen LogP contribution in [0.2, 0.25) is 5.02 Å². The van der Waals surface area contributed by atoms with Gasteiger partial charge in [-0.15, -0.1) is 0 Å². The van der Waals surface area contributed by atoms with E-state index in [1.54, 1.807) is 12.1 Å². The molecule has 1 fully saturated rings. The predicted octanol–water partition coefficient (Wildman–Crippen LogP) is 3.02. The molecule has 3 heterocycles. The number of thiazole rings is 1. The molecule has 1 aliphatic heterocycles. The summed E-state index contributed by atoms with van der Waals surface area (Å²) < 4.78 is 0. The van der Waals surface area contributed by atoms with Gasteiger partial charge in [-0.3, -0.25) is 9.69 Å². The molecule has 0 bridgehead atoms. The van der Waals surface area contributed by atoms with E-state index in [1.807, 2.05) is 32.9 Å². The van der Waals surface area contributed by atoms with Crippen LogP contribution in [0, 0.1) is 12.8 Å². The summed E-state index contributed by atoms with van der Waals surface area (Å²) in [5, 5.41) is 6.97. The van der Waals surface area contributed by atoms with Crippen molar-refractivity contribution in [2.45, 2.75) is 39.4 Å². The van der Waals surface area contributed by atoms with E-state index in [4.69, 9.17) is 23.1 Å². The topological polar surface area (TPSA) is 155 Å². The molecule has 2 aromatic heterocycles. The van der Waals surface area contributed by atoms with Crippen molar-refractivity contribution in [3.05, 3.63) is 51.7 Å². The molecule has 39 heavy (non-hydrogen) atoms. The number of halogens is 1. The van der Waals surface area contributed by atoms with Crippen molar-refractivity contribution in [2.75, 3.05) is 41.7 Å². The molecule has 208 valence electrons. The highest BCUT2D eigenvalue weighted by molar-refractivity contribution is 7.17. The third-order valence-electron chi connectivity index (χ3n) is 6.71. The van der Waals surface area contributed by atoms with E-state index < -0.39 is 0 Å². The normalized spacial score (nSPS) is 15.7. The summed E-state index contributed by atoms with van der Waals surface area (Å²) in [5.74, 6) is 1.85. The Labute approximate surface area is 237 Å². The lowest BCUT2D eigenvalue weighted by molar-refractivity contribution is -0.113. The zero-order chi connectivity index (χ0) is 28.1. The van der Waals surface area contributed by atoms with E-state index in [0.717, 1.165) is 17.7 Å². The Morgan fingerprint density at radius 1 is 1.23 bits per heavy atom. The molecule has 11 nitrogen and oxygen atoms in total. The number of hydrogen-bond acceptors (Lipinski definition) is 11. The highest BCUT2D eigenvalue weighted by Gasteiger charge is 2.30. The van der Waals surface area contributed by atoms with Crippen LogP contribution in [0.15, 0.2) is 30.5 Å². The molecular formula is C26H34ClN9O2S. The smallest absolute Gasteiger partial charge is 0.267 e. The first kappa shape index (κ1) is 28.8. The number of para-hydroxylation sites is 1. The number of carbonyl (C=O) groups excluding carboxylic acids is 2. The van der Waals surface area contributed by atoms with Gasteiger partial charge in [0.15, 0.2) is 5.13 Å². The number of aryl methyl sites for hydroxylation is 1. The minimum absolute atomic E-state index is 0.205. The zero-order valence-electron chi connectivity index (χ0n) is 22.2. The number of benzene rings is 1. The lowest BCUT2D eigenvalue weighted by Crippen LogP contribution is -2.57. The molecule has 4 rings (SSSR count). The zero-order valence-corrected chi connectivity index (χ0v) is 23.8. The first-order chi connectivity index (χ1) is 18.7. The second-order valence-corrected chi connectivity index (χ2v) is 11.2. The number of nitrogens with zero attached hydrogens (tertiary/aromatic N) is 5. The van der Waals surface area contributed by atoms with Crippen molar-refractivity contribution in [2.24, 2.45) is 17.4 Å². The van der Waals surface area contributed by atoms with Gasteiger partial charge in [-0.05, 0) is 24.5 Å². The fraction of sp³-hybridized carbons (Fsp3) is 0.423. The van der Waals surface area contributed by atoms with E-state index in [-0.39, 0.29) is 30.5 Å². The Bertz CT molecular complexity index is 1310. The summed E-state index contributed by atoms with van der Waals surface area (Å²) >= 11 is 7.46. The van der Waals surface area contributed by atoms with Crippen LogP contribution < -0.4 is 27.0 Å². The molecule has 1 aromatic carbocycles. The monoisotopic (exact) mass is 571 g/mol. The molecule has 1 aliphatic rings. The molecule has 2 unspecified atom stereocenters. The Kier molecular flexibility index (Phi) is 9.46. The van der Waals surface area contributed by atoms with Crippen molar-refractivity contribution in [3.63, 3.8) is 0 Å². The van der Waals surface area contributed by atoms with Crippen molar-refractivity contribution in [3.8, 4) is 0 Å². The van der Waals surface area contributed by atoms with Gasteiger partial charge in [0.25, 0.3) is 5.91 Å². The maximum Gasteiger partial charge on any atom is 0.267 e. The van der Waals surface area contributed by atoms with Crippen molar-refractivity contribution >= 4 is 57.6 Å². The fourth-order valence-corrected chi connectivity index (χ4v) is 5.40. The Hall–Kier alpha value is -3.16. The first-order valence-electron chi connectivity index (χ1n) is 12.8. The van der Waals surface area contributed by atoms with Gasteiger partial charge in [-0.2, -0.15) is 0 Å². The summed E-state index contributed by atoms with van der Waals surface area (Å²) in [5.41, 5.74) is 13.3. The standard InChI is InChI=1S/C26H34ClN9O2S/c1-15(2)23(29)19(14-37)35-7-9-36(10-8-35)22-11-21(31-16(3)32-22)33-26-30-13-20(39-26)25(38)34-24-17(12-28)5-4-6-18(24)27/h4-6,11,13-15,19,23H,7-10,12,28-29H2,1-3H3,(H,34,38)(H,30,31,32,33). The van der Waals surface area contributed by atoms with Gasteiger partial charge in [0.2, 0.25) is 0 Å². The third-order valence-corrected chi connectivity index (χ3v) is 7.94. The molecule has 13 heteroatoms. The fourth-order valence-electron chi connectivity index (χ4n) is 4.44. The summed E-state index contributed by atoms with van der Waals surface area (Å²) in [6.45, 7) is 8.97. The van der Waals surface area contributed by atoms with E-state index in [1.165, 1.54) is 17.5 Å². The average molecular weight is 572 g/mol. The largest absolute Gasteiger partial charge is 0.354 e. The van der Waals surface area contributed by atoms with Crippen LogP contribution in [0.5, 0.6) is 0 Å². The van der Waals surface area contributed by atoms with Crippen molar-refractivity contribution in [1.82, 2.24) is 19.9 Å². The molecule has 0 saturated carbocycles. The molecule has 1 saturated heterocycles. The molecule has 3 aromatic rings. The maximum absolute atomic E-state index is 12.9. The van der Waals surface area contributed by atoms with Crippen molar-refractivity contribution in [1.29, 1.82) is 0 Å². The van der Waals surface area contributed by atoms with Gasteiger partial charge in [0.05, 0.1) is 22.9 Å². The first-order valence-corrected chi connectivity index (χ1v) is 14.0. The Balaban J connectivity index is 1.41. The van der Waals surface area contributed by atoms with Gasteiger partial charge in [-0.25, -0.2) is 15.0 Å². The second kappa shape index (κ2) is 12.8. The number of hydrogen-bond donors (Lipinski definition) is 4. The van der Waals surface area contributed by atoms with E-state index in [0.29, 0.717) is 58.5 Å². The molecule has 1 amide bonds. The van der Waals surface area contributed by atoms with E-state index >= 15 is 0 Å². The molecule has 2 atom stereocenters. The number of aromatic nitrogens is 3. The number of anilines is 4. The van der Waals surface area contributed by atoms with Gasteiger partial charge >= 0.3 is 0 Å². The number of nitrogens with two attached hydrogens (primary N) is 2. The molecular weight excluding hydrogens is 538 g/mol. The number of amides is 1. The van der Waals surface area contributed by atoms with Crippen LogP contribution in [0.3, 0.4) is 0 Å². The molecule has 0 aliphatic carbocycles. The number of aldehydes is 1. The lowest BCUT2D eigenvalue weighted by atomic mass is 9.96. The van der Waals surface area contributed by atoms with Crippen LogP contribution in [-0.4, -0.2) is 70.3 Å². The van der Waals surface area contributed by atoms with Crippen LogP contribution in [0.1, 0.15) is 34.9 Å². The lowest BCUT2D eigenvalue weighted by Gasteiger charge is -2.40. The van der Waals surface area contributed by atoms with Crippen LogP contribution >= 0.6 is 22.9 Å². The quantitative estimate of drug-likeness (QED) is 0.267. The molecule has 0 spiro atoms. The highest BCUT2D eigenvalue weighted by atomic mass is 35.5. The van der Waals surface area contributed by atoms with Crippen LogP contribution in [0.4, 0.5) is 22.5 Å². The summed E-state index contributed by atoms with van der Waals surface area (Å²) in [6, 6.07) is 6.66. The number of carbonyl (C=O) groups is 2. The van der Waals surface area contributed by atoms with Crippen LogP contribution in [0.25, 0.3) is 0 Å². The summed E-state index contributed by atoms with van der Waals surface area (Å²) in [7, 11) is 0. The van der Waals surface area contributed by atoms with Crippen molar-refractivity contribution < 1.29 is 9.59 Å². The van der Waals surface area contributed by atoms with E-state index in [9.17, 15) is 9.59 Å². The maximum atomic E-state index is 12.9. The molecule has 6 N–H and O–H groups in total. The summed E-state index contributed by atoms with van der Waals surface area (Å²) in [4.78, 5) is 42.8.